The maximum Gasteiger partial charge on any atom is 0.352 e. The van der Waals surface area contributed by atoms with E-state index in [1.807, 2.05) is 24.3 Å². The second-order valence-electron chi connectivity index (χ2n) is 8.06. The molecule has 1 aromatic heterocycles. The Morgan fingerprint density at radius 2 is 1.65 bits per heavy atom. The van der Waals surface area contributed by atoms with Gasteiger partial charge in [-0.05, 0) is 17.7 Å². The first-order valence-electron chi connectivity index (χ1n) is 10.0. The summed E-state index contributed by atoms with van der Waals surface area (Å²) in [6.45, 7) is 2.72. The summed E-state index contributed by atoms with van der Waals surface area (Å²) < 4.78 is 14.7. The number of aromatic nitrogens is 3. The molecule has 0 amide bonds. The number of hydrogen-bond donors (Lipinski definition) is 0. The topological polar surface area (TPSA) is 102 Å². The number of benzene rings is 1. The van der Waals surface area contributed by atoms with Crippen LogP contribution in [0.3, 0.4) is 0 Å². The maximum atomic E-state index is 13.4. The van der Waals surface area contributed by atoms with Gasteiger partial charge < -0.3 is 9.47 Å². The van der Waals surface area contributed by atoms with Crippen LogP contribution in [0, 0.1) is 11.3 Å². The number of allylic oxidation sites excluding steroid dienone is 3. The fourth-order valence-corrected chi connectivity index (χ4v) is 5.12. The lowest BCUT2D eigenvalue weighted by Crippen LogP contribution is -2.62. The maximum absolute atomic E-state index is 13.4. The fourth-order valence-electron chi connectivity index (χ4n) is 5.12. The normalized spacial score (nSPS) is 27.0. The number of carbonyl (C=O) groups is 2. The van der Waals surface area contributed by atoms with Gasteiger partial charge in [-0.15, -0.1) is 0 Å². The van der Waals surface area contributed by atoms with Crippen molar-refractivity contribution >= 4 is 11.9 Å². The fraction of sp³-hybridized carbons (Fsp3) is 0.364. The molecule has 31 heavy (non-hydrogen) atoms. The van der Waals surface area contributed by atoms with Crippen LogP contribution < -0.4 is 11.4 Å². The highest BCUT2D eigenvalue weighted by Crippen LogP contribution is 2.62. The minimum atomic E-state index is -0.750. The second kappa shape index (κ2) is 6.69. The van der Waals surface area contributed by atoms with Gasteiger partial charge in [0.25, 0.3) is 0 Å². The van der Waals surface area contributed by atoms with Gasteiger partial charge in [0.1, 0.15) is 13.2 Å². The van der Waals surface area contributed by atoms with E-state index >= 15 is 0 Å². The molecular weight excluding hydrogens is 402 g/mol. The molecule has 160 valence electrons. The first-order valence-corrected chi connectivity index (χ1v) is 10.0. The van der Waals surface area contributed by atoms with Crippen molar-refractivity contribution in [2.75, 3.05) is 13.2 Å². The molecule has 4 atom stereocenters. The molecular formula is C22H21N3O6. The van der Waals surface area contributed by atoms with E-state index in [9.17, 15) is 19.2 Å². The Bertz CT molecular complexity index is 1260. The Morgan fingerprint density at radius 3 is 2.32 bits per heavy atom. The summed E-state index contributed by atoms with van der Waals surface area (Å²) in [6.07, 6.45) is 5.74. The van der Waals surface area contributed by atoms with Crippen molar-refractivity contribution < 1.29 is 19.1 Å². The number of hydrogen-bond acceptors (Lipinski definition) is 6. The molecule has 9 nitrogen and oxygen atoms in total. The Hall–Kier alpha value is -3.62. The standard InChI is InChI=1S/C22H21N3O6/c1-13(26)30-11-15-10-17-18-8-9-19(22(15,17)12-31-14(2)27)25-21(29)23(20(28)24(18)25)16-6-4-3-5-7-16/h3-10,17-19H,11-12H2,1-2H3/t17-,18+,19-,22-/m0/s1. The van der Waals surface area contributed by atoms with Gasteiger partial charge in [-0.25, -0.2) is 23.5 Å². The highest BCUT2D eigenvalue weighted by Gasteiger charge is 2.63. The molecule has 2 aliphatic carbocycles. The number of carbonyl (C=O) groups excluding carboxylic acids is 2. The van der Waals surface area contributed by atoms with Crippen LogP contribution in [-0.2, 0) is 19.1 Å². The number of ether oxygens (including phenoxy) is 2. The Kier molecular flexibility index (Phi) is 4.18. The molecule has 0 unspecified atom stereocenters. The third-order valence-corrected chi connectivity index (χ3v) is 6.47. The predicted octanol–water partition coefficient (Wildman–Crippen LogP) is 1.14. The minimum absolute atomic E-state index is 0.0305. The van der Waals surface area contributed by atoms with Gasteiger partial charge >= 0.3 is 23.3 Å². The molecule has 3 heterocycles. The van der Waals surface area contributed by atoms with Crippen LogP contribution in [0.25, 0.3) is 5.69 Å². The zero-order chi connectivity index (χ0) is 21.9. The smallest absolute Gasteiger partial charge is 0.352 e. The number of nitrogens with zero attached hydrogens (tertiary/aromatic N) is 3. The molecule has 4 aliphatic rings. The predicted molar refractivity (Wildman–Crippen MR) is 109 cm³/mol. The van der Waals surface area contributed by atoms with Crippen molar-refractivity contribution in [3.63, 3.8) is 0 Å². The monoisotopic (exact) mass is 423 g/mol. The largest absolute Gasteiger partial charge is 0.465 e. The van der Waals surface area contributed by atoms with Crippen LogP contribution in [0.2, 0.25) is 0 Å². The molecule has 0 spiro atoms. The van der Waals surface area contributed by atoms with Crippen LogP contribution in [0.1, 0.15) is 25.9 Å². The zero-order valence-corrected chi connectivity index (χ0v) is 17.1. The van der Waals surface area contributed by atoms with E-state index in [2.05, 4.69) is 0 Å². The minimum Gasteiger partial charge on any atom is -0.465 e. The average Bonchev–Trinajstić information content (AvgIpc) is 2.99. The number of para-hydroxylation sites is 1. The SMILES string of the molecule is CC(=O)OCC1=C[C@H]2[C@H]3C=C[C@H](n4c(=O)n(-c5ccccc5)c(=O)n43)[C@@]12COC(C)=O. The van der Waals surface area contributed by atoms with Crippen LogP contribution in [-0.4, -0.2) is 39.1 Å². The van der Waals surface area contributed by atoms with Crippen LogP contribution in [0.5, 0.6) is 0 Å². The van der Waals surface area contributed by atoms with Gasteiger partial charge in [-0.3, -0.25) is 9.59 Å². The van der Waals surface area contributed by atoms with Gasteiger partial charge in [0.05, 0.1) is 23.2 Å². The lowest BCUT2D eigenvalue weighted by molar-refractivity contribution is -0.151. The lowest BCUT2D eigenvalue weighted by Gasteiger charge is -2.59. The van der Waals surface area contributed by atoms with E-state index < -0.39 is 40.8 Å². The number of esters is 2. The van der Waals surface area contributed by atoms with Gasteiger partial charge in [0, 0.05) is 19.8 Å². The van der Waals surface area contributed by atoms with Crippen molar-refractivity contribution in [2.24, 2.45) is 11.3 Å². The van der Waals surface area contributed by atoms with Crippen LogP contribution in [0.15, 0.2) is 63.7 Å². The summed E-state index contributed by atoms with van der Waals surface area (Å²) in [5, 5.41) is 0. The zero-order valence-electron chi connectivity index (χ0n) is 17.1. The highest BCUT2D eigenvalue weighted by molar-refractivity contribution is 5.67. The Balaban J connectivity index is 1.66. The van der Waals surface area contributed by atoms with Gasteiger partial charge in [0.15, 0.2) is 0 Å². The third kappa shape index (κ3) is 2.55. The highest BCUT2D eigenvalue weighted by atomic mass is 16.5. The molecule has 0 saturated heterocycles. The summed E-state index contributed by atoms with van der Waals surface area (Å²) in [7, 11) is 0. The summed E-state index contributed by atoms with van der Waals surface area (Å²) in [6, 6.07) is 7.79. The average molecular weight is 423 g/mol. The van der Waals surface area contributed by atoms with Crippen LogP contribution in [0.4, 0.5) is 0 Å². The van der Waals surface area contributed by atoms with E-state index in [1.54, 1.807) is 24.3 Å². The first kappa shape index (κ1) is 19.3. The quantitative estimate of drug-likeness (QED) is 0.528. The van der Waals surface area contributed by atoms with Crippen molar-refractivity contribution in [1.29, 1.82) is 0 Å². The molecule has 0 saturated carbocycles. The molecule has 2 aromatic rings. The molecule has 9 heteroatoms. The summed E-state index contributed by atoms with van der Waals surface area (Å²) >= 11 is 0. The lowest BCUT2D eigenvalue weighted by atomic mass is 9.52. The second-order valence-corrected chi connectivity index (χ2v) is 8.06. The van der Waals surface area contributed by atoms with Crippen LogP contribution >= 0.6 is 0 Å². The van der Waals surface area contributed by atoms with E-state index in [-0.39, 0.29) is 19.1 Å². The summed E-state index contributed by atoms with van der Waals surface area (Å²) in [5.41, 5.74) is -0.361. The summed E-state index contributed by atoms with van der Waals surface area (Å²) in [4.78, 5) is 49.7. The summed E-state index contributed by atoms with van der Waals surface area (Å²) in [5.74, 6) is -1.03. The van der Waals surface area contributed by atoms with Crippen molar-refractivity contribution in [3.05, 3.63) is 75.1 Å². The van der Waals surface area contributed by atoms with Crippen molar-refractivity contribution in [1.82, 2.24) is 13.9 Å². The van der Waals surface area contributed by atoms with E-state index in [4.69, 9.17) is 9.47 Å². The molecule has 1 aromatic carbocycles. The van der Waals surface area contributed by atoms with Gasteiger partial charge in [-0.1, -0.05) is 36.4 Å². The van der Waals surface area contributed by atoms with E-state index in [1.165, 1.54) is 23.2 Å². The first-order chi connectivity index (χ1) is 14.9. The van der Waals surface area contributed by atoms with E-state index in [0.29, 0.717) is 5.69 Å². The molecule has 0 radical (unpaired) electrons. The Morgan fingerprint density at radius 1 is 0.968 bits per heavy atom. The van der Waals surface area contributed by atoms with Crippen molar-refractivity contribution in [3.8, 4) is 5.69 Å². The van der Waals surface area contributed by atoms with Gasteiger partial charge in [0.2, 0.25) is 0 Å². The molecule has 2 bridgehead atoms. The number of rotatable bonds is 5. The molecule has 0 N–H and O–H groups in total. The van der Waals surface area contributed by atoms with Crippen molar-refractivity contribution in [2.45, 2.75) is 25.9 Å². The van der Waals surface area contributed by atoms with Gasteiger partial charge in [-0.2, -0.15) is 0 Å². The third-order valence-electron chi connectivity index (χ3n) is 6.47. The molecule has 0 fully saturated rings. The van der Waals surface area contributed by atoms with E-state index in [0.717, 1.165) is 10.1 Å². The Labute approximate surface area is 176 Å². The molecule has 2 aliphatic heterocycles. The molecule has 6 rings (SSSR count).